The van der Waals surface area contributed by atoms with E-state index in [1.54, 1.807) is 30.2 Å². The maximum absolute atomic E-state index is 13.0. The van der Waals surface area contributed by atoms with Gasteiger partial charge in [-0.1, -0.05) is 54.1 Å². The molecule has 0 saturated heterocycles. The highest BCUT2D eigenvalue weighted by molar-refractivity contribution is 6.12. The Morgan fingerprint density at radius 2 is 1.94 bits per heavy atom. The molecule has 1 aliphatic rings. The van der Waals surface area contributed by atoms with Crippen molar-refractivity contribution in [3.8, 4) is 17.6 Å². The monoisotopic (exact) mass is 424 g/mol. The second-order valence-corrected chi connectivity index (χ2v) is 7.69. The van der Waals surface area contributed by atoms with Crippen LogP contribution in [0.25, 0.3) is 6.08 Å². The number of fused-ring (bicyclic) bond motifs is 1. The summed E-state index contributed by atoms with van der Waals surface area (Å²) >= 11 is 0. The first kappa shape index (κ1) is 21.2. The predicted molar refractivity (Wildman–Crippen MR) is 125 cm³/mol. The second kappa shape index (κ2) is 9.40. The molecule has 1 aliphatic heterocycles. The van der Waals surface area contributed by atoms with Crippen molar-refractivity contribution >= 4 is 17.7 Å². The average Bonchev–Trinajstić information content (AvgIpc) is 3.25. The molecule has 5 nitrogen and oxygen atoms in total. The average molecular weight is 425 g/mol. The number of amides is 1. The van der Waals surface area contributed by atoms with Crippen molar-refractivity contribution in [3.05, 3.63) is 94.6 Å². The highest BCUT2D eigenvalue weighted by Crippen LogP contribution is 2.31. The molecule has 0 unspecified atom stereocenters. The van der Waals surface area contributed by atoms with Crippen molar-refractivity contribution in [1.82, 2.24) is 0 Å². The van der Waals surface area contributed by atoms with Crippen LogP contribution in [0, 0.1) is 18.3 Å². The van der Waals surface area contributed by atoms with E-state index in [0.29, 0.717) is 30.2 Å². The molecule has 4 rings (SSSR count). The number of aryl methyl sites for hydroxylation is 1. The van der Waals surface area contributed by atoms with Gasteiger partial charge in [0.1, 0.15) is 18.2 Å². The molecule has 3 aromatic rings. The zero-order valence-corrected chi connectivity index (χ0v) is 18.2. The molecule has 160 valence electrons. The Morgan fingerprint density at radius 1 is 1.09 bits per heavy atom. The first-order chi connectivity index (χ1) is 15.6. The molecule has 0 radical (unpaired) electrons. The Kier molecular flexibility index (Phi) is 6.23. The summed E-state index contributed by atoms with van der Waals surface area (Å²) in [5.41, 5.74) is 5.01. The second-order valence-electron chi connectivity index (χ2n) is 7.69. The van der Waals surface area contributed by atoms with Gasteiger partial charge < -0.3 is 14.4 Å². The molecule has 0 atom stereocenters. The van der Waals surface area contributed by atoms with Crippen LogP contribution in [-0.2, 0) is 17.8 Å². The van der Waals surface area contributed by atoms with Gasteiger partial charge in [0.05, 0.1) is 7.11 Å². The molecule has 0 N–H and O–H groups in total. The highest BCUT2D eigenvalue weighted by Gasteiger charge is 2.26. The number of hydrogen-bond donors (Lipinski definition) is 0. The van der Waals surface area contributed by atoms with Gasteiger partial charge in [0.15, 0.2) is 11.5 Å². The van der Waals surface area contributed by atoms with Gasteiger partial charge in [-0.3, -0.25) is 4.79 Å². The summed E-state index contributed by atoms with van der Waals surface area (Å²) in [6.07, 6.45) is 2.39. The van der Waals surface area contributed by atoms with Crippen molar-refractivity contribution in [3.63, 3.8) is 0 Å². The lowest BCUT2D eigenvalue weighted by atomic mass is 10.1. The number of carbonyl (C=O) groups is 1. The lowest BCUT2D eigenvalue weighted by molar-refractivity contribution is -0.114. The van der Waals surface area contributed by atoms with E-state index in [1.165, 1.54) is 5.56 Å². The third kappa shape index (κ3) is 4.50. The number of methoxy groups -OCH3 is 1. The summed E-state index contributed by atoms with van der Waals surface area (Å²) in [6, 6.07) is 23.4. The molecule has 0 spiro atoms. The van der Waals surface area contributed by atoms with E-state index < -0.39 is 0 Å². The Morgan fingerprint density at radius 3 is 2.72 bits per heavy atom. The minimum Gasteiger partial charge on any atom is -0.493 e. The maximum Gasteiger partial charge on any atom is 0.268 e. The number of hydrogen-bond acceptors (Lipinski definition) is 4. The lowest BCUT2D eigenvalue weighted by Gasteiger charge is -2.16. The fourth-order valence-corrected chi connectivity index (χ4v) is 3.86. The summed E-state index contributed by atoms with van der Waals surface area (Å²) in [7, 11) is 1.57. The third-order valence-corrected chi connectivity index (χ3v) is 5.46. The van der Waals surface area contributed by atoms with Crippen molar-refractivity contribution in [2.24, 2.45) is 0 Å². The summed E-state index contributed by atoms with van der Waals surface area (Å²) in [5.74, 6) is 0.850. The van der Waals surface area contributed by atoms with Crippen LogP contribution in [0.1, 0.15) is 22.3 Å². The summed E-state index contributed by atoms with van der Waals surface area (Å²) in [4.78, 5) is 14.7. The van der Waals surface area contributed by atoms with Crippen LogP contribution < -0.4 is 14.4 Å². The maximum atomic E-state index is 13.0. The first-order valence-electron chi connectivity index (χ1n) is 10.5. The quantitative estimate of drug-likeness (QED) is 0.409. The van der Waals surface area contributed by atoms with Gasteiger partial charge in [0, 0.05) is 12.2 Å². The van der Waals surface area contributed by atoms with Crippen LogP contribution in [-0.4, -0.2) is 19.6 Å². The van der Waals surface area contributed by atoms with E-state index in [9.17, 15) is 10.1 Å². The number of nitriles is 1. The Hall–Kier alpha value is -4.04. The Bertz CT molecular complexity index is 1220. The van der Waals surface area contributed by atoms with Gasteiger partial charge in [-0.25, -0.2) is 0 Å². The van der Waals surface area contributed by atoms with E-state index in [-0.39, 0.29) is 11.5 Å². The van der Waals surface area contributed by atoms with Crippen molar-refractivity contribution in [2.45, 2.75) is 20.0 Å². The minimum absolute atomic E-state index is 0.0807. The lowest BCUT2D eigenvalue weighted by Crippen LogP contribution is -2.29. The zero-order valence-electron chi connectivity index (χ0n) is 18.2. The van der Waals surface area contributed by atoms with Crippen LogP contribution in [0.3, 0.4) is 0 Å². The van der Waals surface area contributed by atoms with Crippen LogP contribution in [0.2, 0.25) is 0 Å². The van der Waals surface area contributed by atoms with Gasteiger partial charge in [-0.05, 0) is 54.3 Å². The van der Waals surface area contributed by atoms with E-state index in [4.69, 9.17) is 9.47 Å². The standard InChI is InChI=1S/C27H24N2O3/c1-19-6-5-7-21(14-19)18-32-25-11-10-20(16-26(25)31-2)15-23(17-28)27(30)29-13-12-22-8-3-4-9-24(22)29/h3-11,14-16H,12-13,18H2,1-2H3/b23-15+. The van der Waals surface area contributed by atoms with E-state index in [1.807, 2.05) is 55.5 Å². The molecule has 0 bridgehead atoms. The van der Waals surface area contributed by atoms with Crippen molar-refractivity contribution < 1.29 is 14.3 Å². The van der Waals surface area contributed by atoms with E-state index in [2.05, 4.69) is 12.1 Å². The fourth-order valence-electron chi connectivity index (χ4n) is 3.86. The first-order valence-corrected chi connectivity index (χ1v) is 10.5. The molecule has 0 fully saturated rings. The smallest absolute Gasteiger partial charge is 0.268 e. The van der Waals surface area contributed by atoms with E-state index in [0.717, 1.165) is 23.2 Å². The summed E-state index contributed by atoms with van der Waals surface area (Å²) < 4.78 is 11.4. The van der Waals surface area contributed by atoms with Crippen LogP contribution in [0.4, 0.5) is 5.69 Å². The SMILES string of the molecule is COc1cc(/C=C(\C#N)C(=O)N2CCc3ccccc32)ccc1OCc1cccc(C)c1. The molecular formula is C27H24N2O3. The van der Waals surface area contributed by atoms with Gasteiger partial charge >= 0.3 is 0 Å². The number of ether oxygens (including phenoxy) is 2. The van der Waals surface area contributed by atoms with E-state index >= 15 is 0 Å². The third-order valence-electron chi connectivity index (χ3n) is 5.46. The van der Waals surface area contributed by atoms with Crippen LogP contribution in [0.15, 0.2) is 72.3 Å². The number of benzene rings is 3. The largest absolute Gasteiger partial charge is 0.493 e. The number of carbonyl (C=O) groups excluding carboxylic acids is 1. The normalized spacial score (nSPS) is 12.8. The Balaban J connectivity index is 1.53. The van der Waals surface area contributed by atoms with Gasteiger partial charge in [-0.2, -0.15) is 5.26 Å². The van der Waals surface area contributed by atoms with Gasteiger partial charge in [0.2, 0.25) is 0 Å². The molecule has 5 heteroatoms. The number of rotatable bonds is 6. The summed E-state index contributed by atoms with van der Waals surface area (Å²) in [5, 5.41) is 9.66. The van der Waals surface area contributed by atoms with Gasteiger partial charge in [0.25, 0.3) is 5.91 Å². The van der Waals surface area contributed by atoms with Gasteiger partial charge in [-0.15, -0.1) is 0 Å². The number of anilines is 1. The van der Waals surface area contributed by atoms with Crippen molar-refractivity contribution in [2.75, 3.05) is 18.6 Å². The topological polar surface area (TPSA) is 62.6 Å². The van der Waals surface area contributed by atoms with Crippen LogP contribution in [0.5, 0.6) is 11.5 Å². The predicted octanol–water partition coefficient (Wildman–Crippen LogP) is 5.08. The highest BCUT2D eigenvalue weighted by atomic mass is 16.5. The molecule has 32 heavy (non-hydrogen) atoms. The number of para-hydroxylation sites is 1. The molecule has 3 aromatic carbocycles. The zero-order chi connectivity index (χ0) is 22.5. The summed E-state index contributed by atoms with van der Waals surface area (Å²) in [6.45, 7) is 3.04. The molecule has 1 heterocycles. The van der Waals surface area contributed by atoms with Crippen LogP contribution >= 0.6 is 0 Å². The minimum atomic E-state index is -0.295. The fraction of sp³-hybridized carbons (Fsp3) is 0.185. The number of nitrogens with zero attached hydrogens (tertiary/aromatic N) is 2. The molecular weight excluding hydrogens is 400 g/mol. The molecule has 1 amide bonds. The molecule has 0 aliphatic carbocycles. The Labute approximate surface area is 188 Å². The molecule has 0 aromatic heterocycles. The molecule has 0 saturated carbocycles. The van der Waals surface area contributed by atoms with Crippen molar-refractivity contribution in [1.29, 1.82) is 5.26 Å².